The van der Waals surface area contributed by atoms with Crippen molar-refractivity contribution < 1.29 is 26.8 Å². The first-order chi connectivity index (χ1) is 19.2. The summed E-state index contributed by atoms with van der Waals surface area (Å²) in [6, 6.07) is 12.6. The number of fused-ring (bicyclic) bond motifs is 1. The van der Waals surface area contributed by atoms with Crippen LogP contribution in [0, 0.1) is 11.6 Å². The van der Waals surface area contributed by atoms with Gasteiger partial charge in [-0.1, -0.05) is 37.3 Å². The molecule has 2 N–H and O–H groups in total. The van der Waals surface area contributed by atoms with Crippen LogP contribution in [0.1, 0.15) is 39.6 Å². The van der Waals surface area contributed by atoms with E-state index >= 15 is 4.39 Å². The summed E-state index contributed by atoms with van der Waals surface area (Å²) < 4.78 is 57.5. The van der Waals surface area contributed by atoms with Gasteiger partial charge < -0.3 is 4.98 Å². The molecule has 0 amide bonds. The number of aromatic nitrogens is 4. The molecule has 0 atom stereocenters. The number of hydrogen-bond acceptors (Lipinski definition) is 6. The molecule has 12 heteroatoms. The Bertz CT molecular complexity index is 1850. The third kappa shape index (κ3) is 5.38. The van der Waals surface area contributed by atoms with E-state index in [0.717, 1.165) is 17.7 Å². The Morgan fingerprint density at radius 3 is 2.58 bits per heavy atom. The number of aromatic amines is 1. The van der Waals surface area contributed by atoms with Crippen molar-refractivity contribution >= 4 is 38.4 Å². The summed E-state index contributed by atoms with van der Waals surface area (Å²) in [5, 5.41) is 4.43. The topological polar surface area (TPSA) is 127 Å². The van der Waals surface area contributed by atoms with Crippen LogP contribution in [0.5, 0.6) is 0 Å². The number of pyridine rings is 1. The van der Waals surface area contributed by atoms with E-state index in [2.05, 4.69) is 19.8 Å². The Balaban J connectivity index is 1.46. The van der Waals surface area contributed by atoms with Crippen LogP contribution in [0.25, 0.3) is 22.2 Å². The number of hydrogen-bond donors (Lipinski definition) is 2. The molecule has 0 bridgehead atoms. The van der Waals surface area contributed by atoms with Crippen LogP contribution in [0.4, 0.5) is 14.5 Å². The Morgan fingerprint density at radius 2 is 1.82 bits per heavy atom. The smallest absolute Gasteiger partial charge is 0.251 e. The summed E-state index contributed by atoms with van der Waals surface area (Å²) in [4.78, 5) is 33.1. The first-order valence-corrected chi connectivity index (χ1v) is 13.9. The second kappa shape index (κ2) is 10.8. The van der Waals surface area contributed by atoms with E-state index in [4.69, 9.17) is 0 Å². The van der Waals surface area contributed by atoms with Gasteiger partial charge in [0, 0.05) is 40.7 Å². The zero-order chi connectivity index (χ0) is 28.4. The number of carbonyl (C=O) groups excluding carboxylic acids is 2. The number of nitrogens with zero attached hydrogens (tertiary/aromatic N) is 3. The summed E-state index contributed by atoms with van der Waals surface area (Å²) in [5.74, 6) is -3.97. The highest BCUT2D eigenvalue weighted by atomic mass is 32.2. The molecule has 9 nitrogen and oxygen atoms in total. The number of H-pyrrole nitrogens is 1. The van der Waals surface area contributed by atoms with Gasteiger partial charge in [0.2, 0.25) is 15.8 Å². The Morgan fingerprint density at radius 1 is 1.05 bits per heavy atom. The third-order valence-corrected chi connectivity index (χ3v) is 7.68. The van der Waals surface area contributed by atoms with Gasteiger partial charge in [-0.2, -0.15) is 5.10 Å². The number of rotatable bonds is 9. The predicted molar refractivity (Wildman–Crippen MR) is 146 cm³/mol. The summed E-state index contributed by atoms with van der Waals surface area (Å²) in [7, 11) is -3.88. The maximum Gasteiger partial charge on any atom is 0.251 e. The average Bonchev–Trinajstić information content (AvgIpc) is 3.58. The van der Waals surface area contributed by atoms with Gasteiger partial charge in [-0.25, -0.2) is 26.9 Å². The Labute approximate surface area is 227 Å². The van der Waals surface area contributed by atoms with E-state index in [1.807, 2.05) is 30.3 Å². The number of nitrogens with one attached hydrogen (secondary N) is 2. The van der Waals surface area contributed by atoms with Gasteiger partial charge in [-0.15, -0.1) is 0 Å². The van der Waals surface area contributed by atoms with Crippen LogP contribution in [-0.4, -0.2) is 45.6 Å². The van der Waals surface area contributed by atoms with E-state index in [-0.39, 0.29) is 35.5 Å². The summed E-state index contributed by atoms with van der Waals surface area (Å²) in [6.45, 7) is 1.64. The van der Waals surface area contributed by atoms with E-state index in [9.17, 15) is 22.4 Å². The van der Waals surface area contributed by atoms with Crippen LogP contribution in [0.15, 0.2) is 73.3 Å². The van der Waals surface area contributed by atoms with Gasteiger partial charge in [0.1, 0.15) is 11.5 Å². The van der Waals surface area contributed by atoms with Gasteiger partial charge in [-0.05, 0) is 30.2 Å². The molecule has 0 aliphatic heterocycles. The van der Waals surface area contributed by atoms with Gasteiger partial charge in [0.15, 0.2) is 5.82 Å². The first-order valence-electron chi connectivity index (χ1n) is 12.3. The normalized spacial score (nSPS) is 11.6. The van der Waals surface area contributed by atoms with E-state index < -0.39 is 38.7 Å². The molecule has 204 valence electrons. The maximum absolute atomic E-state index is 15.3. The Hall–Kier alpha value is -4.71. The number of sulfonamides is 1. The van der Waals surface area contributed by atoms with Crippen LogP contribution in [-0.2, 0) is 16.4 Å². The minimum atomic E-state index is -3.88. The third-order valence-electron chi connectivity index (χ3n) is 6.20. The second-order valence-electron chi connectivity index (χ2n) is 9.09. The van der Waals surface area contributed by atoms with Crippen molar-refractivity contribution in [1.82, 2.24) is 19.7 Å². The average molecular weight is 564 g/mol. The van der Waals surface area contributed by atoms with Crippen LogP contribution in [0.2, 0.25) is 0 Å². The van der Waals surface area contributed by atoms with E-state index in [1.54, 1.807) is 13.0 Å². The largest absolute Gasteiger partial charge is 0.345 e. The second-order valence-corrected chi connectivity index (χ2v) is 10.9. The number of ketones is 1. The lowest BCUT2D eigenvalue weighted by Gasteiger charge is -2.11. The van der Waals surface area contributed by atoms with Crippen molar-refractivity contribution in [3.8, 4) is 11.1 Å². The number of carbonyl (C=O) groups is 2. The SMILES string of the molecule is CCCS(=O)(=O)Nc1ccc(F)c(C(=O)c2c[nH]c3ncc(-c4cnn(C(=O)Cc5ccccc5)c4)cc23)c1F. The van der Waals surface area contributed by atoms with E-state index in [1.165, 1.54) is 29.5 Å². The molecule has 5 rings (SSSR count). The highest BCUT2D eigenvalue weighted by molar-refractivity contribution is 7.92. The lowest BCUT2D eigenvalue weighted by molar-refractivity contribution is 0.0898. The molecule has 0 radical (unpaired) electrons. The summed E-state index contributed by atoms with van der Waals surface area (Å²) in [6.07, 6.45) is 6.25. The molecule has 0 fully saturated rings. The Kier molecular flexibility index (Phi) is 7.26. The first kappa shape index (κ1) is 26.9. The molecule has 0 saturated heterocycles. The van der Waals surface area contributed by atoms with E-state index in [0.29, 0.717) is 16.8 Å². The highest BCUT2D eigenvalue weighted by Gasteiger charge is 2.26. The van der Waals surface area contributed by atoms with Crippen molar-refractivity contribution in [3.05, 3.63) is 102 Å². The molecular weight excluding hydrogens is 540 g/mol. The fraction of sp³-hybridized carbons (Fsp3) is 0.143. The molecule has 0 aliphatic rings. The molecule has 0 spiro atoms. The molecule has 3 heterocycles. The minimum absolute atomic E-state index is 0.0664. The lowest BCUT2D eigenvalue weighted by atomic mass is 10.0. The molecule has 40 heavy (non-hydrogen) atoms. The standard InChI is InChI=1S/C28H23F2N5O4S/c1-2-10-40(38,39)34-23-9-8-22(29)25(26(23)30)27(37)21-15-32-28-20(21)12-18(13-31-28)19-14-33-35(16-19)24(36)11-17-6-4-3-5-7-17/h3-9,12-16,34H,2,10-11H2,1H3,(H,31,32). The number of benzene rings is 2. The molecule has 0 saturated carbocycles. The highest BCUT2D eigenvalue weighted by Crippen LogP contribution is 2.29. The van der Waals surface area contributed by atoms with Crippen molar-refractivity contribution in [2.45, 2.75) is 19.8 Å². The monoisotopic (exact) mass is 563 g/mol. The van der Waals surface area contributed by atoms with Crippen LogP contribution in [0.3, 0.4) is 0 Å². The summed E-state index contributed by atoms with van der Waals surface area (Å²) >= 11 is 0. The van der Waals surface area contributed by atoms with Gasteiger partial charge in [0.05, 0.1) is 29.6 Å². The number of halogens is 2. The number of anilines is 1. The molecule has 0 unspecified atom stereocenters. The van der Waals surface area contributed by atoms with Crippen molar-refractivity contribution in [2.75, 3.05) is 10.5 Å². The predicted octanol–water partition coefficient (Wildman–Crippen LogP) is 4.97. The van der Waals surface area contributed by atoms with Crippen molar-refractivity contribution in [1.29, 1.82) is 0 Å². The molecule has 0 aliphatic carbocycles. The quantitative estimate of drug-likeness (QED) is 0.244. The lowest BCUT2D eigenvalue weighted by Crippen LogP contribution is -2.18. The van der Waals surface area contributed by atoms with Crippen molar-refractivity contribution in [3.63, 3.8) is 0 Å². The van der Waals surface area contributed by atoms with Crippen LogP contribution >= 0.6 is 0 Å². The summed E-state index contributed by atoms with van der Waals surface area (Å²) in [5.41, 5.74) is 0.696. The zero-order valence-electron chi connectivity index (χ0n) is 21.2. The maximum atomic E-state index is 15.3. The zero-order valence-corrected chi connectivity index (χ0v) is 22.0. The van der Waals surface area contributed by atoms with Gasteiger partial charge in [0.25, 0.3) is 5.91 Å². The van der Waals surface area contributed by atoms with Gasteiger partial charge >= 0.3 is 0 Å². The molecule has 3 aromatic heterocycles. The van der Waals surface area contributed by atoms with Crippen molar-refractivity contribution in [2.24, 2.45) is 0 Å². The fourth-order valence-corrected chi connectivity index (χ4v) is 5.40. The fourth-order valence-electron chi connectivity index (χ4n) is 4.27. The molecule has 2 aromatic carbocycles. The molecular formula is C28H23F2N5O4S. The van der Waals surface area contributed by atoms with Crippen LogP contribution < -0.4 is 4.72 Å². The molecule has 5 aromatic rings. The van der Waals surface area contributed by atoms with Gasteiger partial charge in [-0.3, -0.25) is 14.3 Å². The minimum Gasteiger partial charge on any atom is -0.345 e.